The molecular formula is C17H17NO8S2. The first kappa shape index (κ1) is 20.3. The summed E-state index contributed by atoms with van der Waals surface area (Å²) in [5, 5.41) is 20.2. The second-order valence-electron chi connectivity index (χ2n) is 5.95. The summed E-state index contributed by atoms with van der Waals surface area (Å²) in [5.74, 6) is -1.71. The van der Waals surface area contributed by atoms with Crippen molar-refractivity contribution in [2.75, 3.05) is 14.2 Å². The summed E-state index contributed by atoms with van der Waals surface area (Å²) in [7, 11) is -1.62. The zero-order valence-electron chi connectivity index (χ0n) is 14.9. The second-order valence-corrected chi connectivity index (χ2v) is 8.92. The smallest absolute Gasteiger partial charge is 0.348 e. The summed E-state index contributed by atoms with van der Waals surface area (Å²) in [6.07, 6.45) is -1.63. The monoisotopic (exact) mass is 427 g/mol. The third kappa shape index (κ3) is 3.37. The van der Waals surface area contributed by atoms with Gasteiger partial charge in [0.1, 0.15) is 16.7 Å². The zero-order valence-corrected chi connectivity index (χ0v) is 16.5. The molecule has 0 radical (unpaired) electrons. The van der Waals surface area contributed by atoms with Gasteiger partial charge >= 0.3 is 11.9 Å². The minimum atomic E-state index is -4.25. The molecule has 0 saturated heterocycles. The number of aliphatic hydroxyl groups excluding tert-OH is 1. The molecule has 3 rings (SSSR count). The van der Waals surface area contributed by atoms with Crippen molar-refractivity contribution in [3.05, 3.63) is 45.6 Å². The highest BCUT2D eigenvalue weighted by Crippen LogP contribution is 2.40. The lowest BCUT2D eigenvalue weighted by Crippen LogP contribution is -2.50. The topological polar surface area (TPSA) is 130 Å². The van der Waals surface area contributed by atoms with E-state index in [-0.39, 0.29) is 21.2 Å². The molecule has 28 heavy (non-hydrogen) atoms. The van der Waals surface area contributed by atoms with Gasteiger partial charge in [0.05, 0.1) is 19.1 Å². The number of benzene rings is 1. The van der Waals surface area contributed by atoms with Crippen molar-refractivity contribution in [1.82, 2.24) is 4.31 Å². The lowest BCUT2D eigenvalue weighted by Gasteiger charge is -2.35. The van der Waals surface area contributed by atoms with Crippen LogP contribution in [0.25, 0.3) is 0 Å². The minimum Gasteiger partial charge on any atom is -0.497 e. The SMILES string of the molecule is COC(=O)c1cc2c(s1)[C@H](O)[C@H](C(=O)O)N(S(=O)(=O)c1ccc(OC)cc1)C2. The Morgan fingerprint density at radius 1 is 1.21 bits per heavy atom. The van der Waals surface area contributed by atoms with Crippen LogP contribution in [0.2, 0.25) is 0 Å². The summed E-state index contributed by atoms with van der Waals surface area (Å²) in [5.41, 5.74) is 0.354. The molecule has 0 amide bonds. The zero-order chi connectivity index (χ0) is 20.6. The summed E-state index contributed by atoms with van der Waals surface area (Å²) in [4.78, 5) is 23.8. The third-order valence-corrected chi connectivity index (χ3v) is 7.42. The number of carboxylic acid groups (broad SMARTS) is 1. The van der Waals surface area contributed by atoms with Crippen molar-refractivity contribution in [3.8, 4) is 5.75 Å². The van der Waals surface area contributed by atoms with Crippen LogP contribution in [0, 0.1) is 0 Å². The number of rotatable bonds is 5. The maximum Gasteiger partial charge on any atom is 0.348 e. The maximum atomic E-state index is 13.1. The largest absolute Gasteiger partial charge is 0.497 e. The number of thiophene rings is 1. The standard InChI is InChI=1S/C17H17NO8S2/c1-25-10-3-5-11(6-4-10)28(23,24)18-8-9-7-12(17(22)26-2)27-15(9)14(19)13(18)16(20)21/h3-7,13-14,19H,8H2,1-2H3,(H,20,21)/t13-,14-/m1/s1. The number of nitrogens with zero attached hydrogens (tertiary/aromatic N) is 1. The minimum absolute atomic E-state index is 0.140. The first-order valence-electron chi connectivity index (χ1n) is 7.98. The van der Waals surface area contributed by atoms with Crippen LogP contribution < -0.4 is 4.74 Å². The molecule has 2 aromatic rings. The molecule has 2 N–H and O–H groups in total. The summed E-state index contributed by atoms with van der Waals surface area (Å²) in [6.45, 7) is -0.300. The molecule has 0 aliphatic carbocycles. The molecule has 2 heterocycles. The molecule has 0 bridgehead atoms. The van der Waals surface area contributed by atoms with E-state index in [0.717, 1.165) is 15.6 Å². The number of carbonyl (C=O) groups excluding carboxylic acids is 1. The number of esters is 1. The summed E-state index contributed by atoms with van der Waals surface area (Å²) in [6, 6.07) is 5.14. The number of aliphatic carboxylic acids is 1. The molecular weight excluding hydrogens is 410 g/mol. The number of fused-ring (bicyclic) bond motifs is 1. The summed E-state index contributed by atoms with van der Waals surface area (Å²) >= 11 is 0.885. The molecule has 1 aromatic heterocycles. The molecule has 0 unspecified atom stereocenters. The Balaban J connectivity index is 2.07. The van der Waals surface area contributed by atoms with Gasteiger partial charge in [-0.1, -0.05) is 0 Å². The molecule has 150 valence electrons. The van der Waals surface area contributed by atoms with Crippen LogP contribution in [-0.2, 0) is 26.1 Å². The predicted molar refractivity (Wildman–Crippen MR) is 97.8 cm³/mol. The van der Waals surface area contributed by atoms with Crippen molar-refractivity contribution < 1.29 is 37.7 Å². The van der Waals surface area contributed by atoms with Crippen molar-refractivity contribution in [3.63, 3.8) is 0 Å². The van der Waals surface area contributed by atoms with Crippen LogP contribution in [0.4, 0.5) is 0 Å². The number of hydrogen-bond donors (Lipinski definition) is 2. The van der Waals surface area contributed by atoms with Crippen LogP contribution in [0.5, 0.6) is 5.75 Å². The van der Waals surface area contributed by atoms with E-state index in [1.54, 1.807) is 0 Å². The summed E-state index contributed by atoms with van der Waals surface area (Å²) < 4.78 is 36.5. The van der Waals surface area contributed by atoms with Crippen molar-refractivity contribution in [2.45, 2.75) is 23.6 Å². The molecule has 1 aliphatic heterocycles. The number of carboxylic acids is 1. The van der Waals surface area contributed by atoms with Gasteiger partial charge in [0.15, 0.2) is 6.04 Å². The van der Waals surface area contributed by atoms with E-state index < -0.39 is 34.1 Å². The Morgan fingerprint density at radius 2 is 1.86 bits per heavy atom. The Hall–Kier alpha value is -2.47. The Labute approximate surface area is 164 Å². The van der Waals surface area contributed by atoms with Crippen LogP contribution in [0.3, 0.4) is 0 Å². The molecule has 0 saturated carbocycles. The molecule has 0 spiro atoms. The maximum absolute atomic E-state index is 13.1. The first-order valence-corrected chi connectivity index (χ1v) is 10.2. The Morgan fingerprint density at radius 3 is 2.39 bits per heavy atom. The molecule has 2 atom stereocenters. The average molecular weight is 427 g/mol. The van der Waals surface area contributed by atoms with Gasteiger partial charge in [0.25, 0.3) is 0 Å². The van der Waals surface area contributed by atoms with Crippen LogP contribution >= 0.6 is 11.3 Å². The third-order valence-electron chi connectivity index (χ3n) is 4.35. The van der Waals surface area contributed by atoms with Gasteiger partial charge in [0, 0.05) is 11.4 Å². The molecule has 11 heteroatoms. The lowest BCUT2D eigenvalue weighted by molar-refractivity contribution is -0.146. The van der Waals surface area contributed by atoms with Gasteiger partial charge < -0.3 is 19.7 Å². The Kier molecular flexibility index (Phi) is 5.44. The van der Waals surface area contributed by atoms with E-state index in [2.05, 4.69) is 4.74 Å². The molecule has 0 fully saturated rings. The van der Waals surface area contributed by atoms with Crippen molar-refractivity contribution in [1.29, 1.82) is 0 Å². The number of sulfonamides is 1. The number of methoxy groups -OCH3 is 2. The number of ether oxygens (including phenoxy) is 2. The average Bonchev–Trinajstić information content (AvgIpc) is 3.11. The van der Waals surface area contributed by atoms with E-state index in [4.69, 9.17) is 4.74 Å². The Bertz CT molecular complexity index is 1010. The van der Waals surface area contributed by atoms with Crippen LogP contribution in [0.1, 0.15) is 26.2 Å². The van der Waals surface area contributed by atoms with E-state index >= 15 is 0 Å². The van der Waals surface area contributed by atoms with Gasteiger partial charge in [-0.05, 0) is 35.9 Å². The number of carbonyl (C=O) groups is 2. The number of hydrogen-bond acceptors (Lipinski definition) is 8. The van der Waals surface area contributed by atoms with Gasteiger partial charge in [-0.2, -0.15) is 4.31 Å². The predicted octanol–water partition coefficient (Wildman–Crippen LogP) is 1.23. The fourth-order valence-corrected chi connectivity index (χ4v) is 5.63. The van der Waals surface area contributed by atoms with Crippen LogP contribution in [0.15, 0.2) is 35.2 Å². The quantitative estimate of drug-likeness (QED) is 0.682. The first-order chi connectivity index (χ1) is 13.2. The fraction of sp³-hybridized carbons (Fsp3) is 0.294. The second kappa shape index (κ2) is 7.51. The highest BCUT2D eigenvalue weighted by Gasteiger charge is 2.46. The van der Waals surface area contributed by atoms with E-state index in [1.165, 1.54) is 44.6 Å². The van der Waals surface area contributed by atoms with E-state index in [9.17, 15) is 28.2 Å². The normalized spacial score (nSPS) is 19.7. The lowest BCUT2D eigenvalue weighted by atomic mass is 10.0. The van der Waals surface area contributed by atoms with Crippen LogP contribution in [-0.4, -0.2) is 55.1 Å². The number of aliphatic hydroxyl groups is 1. The fourth-order valence-electron chi connectivity index (χ4n) is 2.96. The van der Waals surface area contributed by atoms with Gasteiger partial charge in [-0.25, -0.2) is 13.2 Å². The van der Waals surface area contributed by atoms with Gasteiger partial charge in [-0.3, -0.25) is 4.79 Å². The van der Waals surface area contributed by atoms with E-state index in [0.29, 0.717) is 11.3 Å². The van der Waals surface area contributed by atoms with Crippen molar-refractivity contribution in [2.24, 2.45) is 0 Å². The highest BCUT2D eigenvalue weighted by atomic mass is 32.2. The van der Waals surface area contributed by atoms with E-state index in [1.807, 2.05) is 0 Å². The molecule has 1 aliphatic rings. The van der Waals surface area contributed by atoms with Crippen molar-refractivity contribution >= 4 is 33.3 Å². The van der Waals surface area contributed by atoms with Gasteiger partial charge in [-0.15, -0.1) is 11.3 Å². The van der Waals surface area contributed by atoms with Gasteiger partial charge in [0.2, 0.25) is 10.0 Å². The molecule has 1 aromatic carbocycles. The molecule has 9 nitrogen and oxygen atoms in total. The highest BCUT2D eigenvalue weighted by molar-refractivity contribution is 7.89.